The molecule has 1 heterocycles. The number of hydrogen-bond acceptors (Lipinski definition) is 4. The Morgan fingerprint density at radius 2 is 2.00 bits per heavy atom. The molecule has 0 unspecified atom stereocenters. The highest BCUT2D eigenvalue weighted by Crippen LogP contribution is 2.22. The van der Waals surface area contributed by atoms with Crippen LogP contribution in [0.5, 0.6) is 0 Å². The van der Waals surface area contributed by atoms with Crippen LogP contribution in [-0.2, 0) is 0 Å². The van der Waals surface area contributed by atoms with Gasteiger partial charge in [-0.25, -0.2) is 0 Å². The molecule has 4 nitrogen and oxygen atoms in total. The monoisotopic (exact) mass is 205 g/mol. The summed E-state index contributed by atoms with van der Waals surface area (Å²) in [5.41, 5.74) is 1.84. The molecule has 1 aromatic heterocycles. The maximum atomic E-state index is 9.03. The number of nitriles is 2. The molecule has 16 heavy (non-hydrogen) atoms. The number of nitrogens with zero attached hydrogens (tertiary/aromatic N) is 4. The van der Waals surface area contributed by atoms with Crippen LogP contribution in [0.3, 0.4) is 0 Å². The molecular formula is C12H5N4. The Morgan fingerprint density at radius 1 is 1.12 bits per heavy atom. The van der Waals surface area contributed by atoms with E-state index in [1.807, 2.05) is 12.1 Å². The molecule has 0 amide bonds. The summed E-state index contributed by atoms with van der Waals surface area (Å²) in [5, 5.41) is 25.4. The normalized spacial score (nSPS) is 9.12. The van der Waals surface area contributed by atoms with Gasteiger partial charge >= 0.3 is 0 Å². The van der Waals surface area contributed by atoms with Gasteiger partial charge in [0.2, 0.25) is 0 Å². The number of hydrogen-bond donors (Lipinski definition) is 0. The molecule has 0 aliphatic heterocycles. The predicted octanol–water partition coefficient (Wildman–Crippen LogP) is 1.69. The van der Waals surface area contributed by atoms with Gasteiger partial charge in [0.15, 0.2) is 0 Å². The third-order valence-electron chi connectivity index (χ3n) is 2.10. The molecule has 0 aliphatic carbocycles. The Bertz CT molecular complexity index is 591. The lowest BCUT2D eigenvalue weighted by molar-refractivity contribution is 1.03. The smallest absolute Gasteiger partial charge is 0.113 e. The molecule has 2 aromatic rings. The summed E-state index contributed by atoms with van der Waals surface area (Å²) in [6.45, 7) is 0. The molecule has 0 N–H and O–H groups in total. The van der Waals surface area contributed by atoms with Gasteiger partial charge in [-0.1, -0.05) is 12.1 Å². The summed E-state index contributed by atoms with van der Waals surface area (Å²) in [7, 11) is 0. The van der Waals surface area contributed by atoms with Gasteiger partial charge in [0.1, 0.15) is 18.3 Å². The van der Waals surface area contributed by atoms with Gasteiger partial charge in [0, 0.05) is 5.56 Å². The van der Waals surface area contributed by atoms with Gasteiger partial charge < -0.3 is 0 Å². The van der Waals surface area contributed by atoms with E-state index in [-0.39, 0.29) is 0 Å². The maximum Gasteiger partial charge on any atom is 0.113 e. The molecule has 0 bridgehead atoms. The van der Waals surface area contributed by atoms with E-state index in [4.69, 9.17) is 10.5 Å². The first-order chi connectivity index (χ1) is 7.86. The van der Waals surface area contributed by atoms with E-state index >= 15 is 0 Å². The molecule has 0 fully saturated rings. The Morgan fingerprint density at radius 3 is 2.62 bits per heavy atom. The molecule has 0 saturated heterocycles. The zero-order valence-corrected chi connectivity index (χ0v) is 8.18. The van der Waals surface area contributed by atoms with E-state index in [9.17, 15) is 0 Å². The zero-order chi connectivity index (χ0) is 11.4. The summed E-state index contributed by atoms with van der Waals surface area (Å²) < 4.78 is 0. The Labute approximate surface area is 92.4 Å². The number of aromatic nitrogens is 2. The molecular weight excluding hydrogens is 200 g/mol. The largest absolute Gasteiger partial charge is 0.192 e. The average molecular weight is 205 g/mol. The fourth-order valence-electron chi connectivity index (χ4n) is 1.39. The second-order valence-electron chi connectivity index (χ2n) is 3.00. The molecule has 73 valence electrons. The van der Waals surface area contributed by atoms with Crippen molar-refractivity contribution in [3.63, 3.8) is 0 Å². The molecule has 0 aliphatic rings. The van der Waals surface area contributed by atoms with Crippen LogP contribution in [0, 0.1) is 28.9 Å². The van der Waals surface area contributed by atoms with Crippen LogP contribution in [0.2, 0.25) is 0 Å². The van der Waals surface area contributed by atoms with Crippen LogP contribution in [-0.4, -0.2) is 10.2 Å². The van der Waals surface area contributed by atoms with Crippen molar-refractivity contribution in [1.29, 1.82) is 10.5 Å². The van der Waals surface area contributed by atoms with Gasteiger partial charge in [0.05, 0.1) is 16.8 Å². The van der Waals surface area contributed by atoms with E-state index in [1.165, 1.54) is 0 Å². The van der Waals surface area contributed by atoms with Gasteiger partial charge in [-0.3, -0.25) is 0 Å². The Hall–Kier alpha value is -2.72. The fourth-order valence-corrected chi connectivity index (χ4v) is 1.39. The summed E-state index contributed by atoms with van der Waals surface area (Å²) in [6, 6.07) is 12.4. The van der Waals surface area contributed by atoms with Crippen molar-refractivity contribution < 1.29 is 0 Å². The first-order valence-corrected chi connectivity index (χ1v) is 4.50. The Balaban J connectivity index is 2.69. The van der Waals surface area contributed by atoms with Crippen molar-refractivity contribution in [3.8, 4) is 23.4 Å². The van der Waals surface area contributed by atoms with Crippen molar-refractivity contribution in [2.24, 2.45) is 0 Å². The molecule has 0 spiro atoms. The molecule has 2 rings (SSSR count). The van der Waals surface area contributed by atoms with E-state index in [0.29, 0.717) is 22.4 Å². The van der Waals surface area contributed by atoms with Crippen molar-refractivity contribution >= 4 is 0 Å². The third kappa shape index (κ3) is 1.60. The second-order valence-corrected chi connectivity index (χ2v) is 3.00. The van der Waals surface area contributed by atoms with Gasteiger partial charge in [-0.15, -0.1) is 10.2 Å². The topological polar surface area (TPSA) is 73.4 Å². The highest BCUT2D eigenvalue weighted by atomic mass is 15.1. The standard InChI is InChI=1S/C12H5N4/c13-7-9-3-1-4-10(11(9)8-14)12-5-2-6-15-16-12/h1-5H. The van der Waals surface area contributed by atoms with Crippen molar-refractivity contribution in [2.75, 3.05) is 0 Å². The minimum Gasteiger partial charge on any atom is -0.192 e. The van der Waals surface area contributed by atoms with Gasteiger partial charge in [-0.05, 0) is 18.2 Å². The minimum atomic E-state index is 0.325. The van der Waals surface area contributed by atoms with Crippen molar-refractivity contribution in [1.82, 2.24) is 10.2 Å². The highest BCUT2D eigenvalue weighted by molar-refractivity contribution is 5.70. The quantitative estimate of drug-likeness (QED) is 0.710. The second kappa shape index (κ2) is 4.20. The predicted molar refractivity (Wildman–Crippen MR) is 55.7 cm³/mol. The first-order valence-electron chi connectivity index (χ1n) is 4.50. The van der Waals surface area contributed by atoms with E-state index in [1.54, 1.807) is 30.3 Å². The molecule has 0 atom stereocenters. The SMILES string of the molecule is N#Cc1cccc(-c2cc[c]nn2)c1C#N. The fraction of sp³-hybridized carbons (Fsp3) is 0. The third-order valence-corrected chi connectivity index (χ3v) is 2.10. The van der Waals surface area contributed by atoms with Gasteiger partial charge in [0.25, 0.3) is 0 Å². The molecule has 1 aromatic carbocycles. The molecule has 4 heteroatoms. The number of rotatable bonds is 1. The first kappa shape index (κ1) is 9.82. The number of benzene rings is 1. The Kier molecular flexibility index (Phi) is 2.58. The van der Waals surface area contributed by atoms with Gasteiger partial charge in [-0.2, -0.15) is 10.5 Å². The average Bonchev–Trinajstić information content (AvgIpc) is 2.38. The van der Waals surface area contributed by atoms with Crippen LogP contribution >= 0.6 is 0 Å². The van der Waals surface area contributed by atoms with Crippen molar-refractivity contribution in [2.45, 2.75) is 0 Å². The molecule has 0 saturated carbocycles. The van der Waals surface area contributed by atoms with Crippen LogP contribution < -0.4 is 0 Å². The molecule has 1 radical (unpaired) electrons. The lowest BCUT2D eigenvalue weighted by atomic mass is 10.0. The van der Waals surface area contributed by atoms with E-state index in [0.717, 1.165) is 0 Å². The highest BCUT2D eigenvalue weighted by Gasteiger charge is 2.10. The minimum absolute atomic E-state index is 0.325. The van der Waals surface area contributed by atoms with E-state index in [2.05, 4.69) is 16.4 Å². The summed E-state index contributed by atoms with van der Waals surface area (Å²) >= 11 is 0. The maximum absolute atomic E-state index is 9.03. The van der Waals surface area contributed by atoms with Crippen LogP contribution in [0.4, 0.5) is 0 Å². The van der Waals surface area contributed by atoms with Crippen molar-refractivity contribution in [3.05, 3.63) is 47.7 Å². The summed E-state index contributed by atoms with van der Waals surface area (Å²) in [4.78, 5) is 0. The lowest BCUT2D eigenvalue weighted by Gasteiger charge is -2.02. The summed E-state index contributed by atoms with van der Waals surface area (Å²) in [5.74, 6) is 0. The van der Waals surface area contributed by atoms with Crippen LogP contribution in [0.1, 0.15) is 11.1 Å². The lowest BCUT2D eigenvalue weighted by Crippen LogP contribution is -1.92. The van der Waals surface area contributed by atoms with Crippen LogP contribution in [0.25, 0.3) is 11.3 Å². The van der Waals surface area contributed by atoms with E-state index < -0.39 is 0 Å². The summed E-state index contributed by atoms with van der Waals surface area (Å²) in [6.07, 6.45) is 2.56. The zero-order valence-electron chi connectivity index (χ0n) is 8.18. The van der Waals surface area contributed by atoms with Crippen LogP contribution in [0.15, 0.2) is 30.3 Å².